The normalized spacial score (nSPS) is 19.3. The molecule has 1 aliphatic rings. The summed E-state index contributed by atoms with van der Waals surface area (Å²) in [5.41, 5.74) is 0. The summed E-state index contributed by atoms with van der Waals surface area (Å²) >= 11 is 0. The summed E-state index contributed by atoms with van der Waals surface area (Å²) in [6, 6.07) is 0. The molecular formula is C16H32N2. The Balaban J connectivity index is 2.22. The molecule has 0 aromatic carbocycles. The zero-order chi connectivity index (χ0) is 13.4. The summed E-state index contributed by atoms with van der Waals surface area (Å²) in [5.74, 6) is 0.694. The fourth-order valence-electron chi connectivity index (χ4n) is 2.88. The quantitative estimate of drug-likeness (QED) is 0.560. The number of hydrogen-bond donors (Lipinski definition) is 0. The van der Waals surface area contributed by atoms with Gasteiger partial charge in [0, 0.05) is 25.5 Å². The van der Waals surface area contributed by atoms with Crippen LogP contribution in [0.15, 0.2) is 12.4 Å². The van der Waals surface area contributed by atoms with Crippen LogP contribution in [-0.4, -0.2) is 29.1 Å². The standard InChI is InChI=1S/C16H32N2/c1-5-7-8-9-10-11-12-18-14-13-17(6-2)16(18)15(3)4/h13-16H,5-12H2,1-4H3. The van der Waals surface area contributed by atoms with E-state index in [9.17, 15) is 0 Å². The highest BCUT2D eigenvalue weighted by Crippen LogP contribution is 2.22. The third-order valence-electron chi connectivity index (χ3n) is 3.86. The lowest BCUT2D eigenvalue weighted by atomic mass is 10.1. The Kier molecular flexibility index (Phi) is 7.22. The molecule has 1 atom stereocenters. The molecular weight excluding hydrogens is 220 g/mol. The smallest absolute Gasteiger partial charge is 0.103 e. The average Bonchev–Trinajstić information content (AvgIpc) is 2.76. The minimum atomic E-state index is 0.589. The summed E-state index contributed by atoms with van der Waals surface area (Å²) in [7, 11) is 0. The van der Waals surface area contributed by atoms with E-state index in [0.717, 1.165) is 6.54 Å². The number of rotatable bonds is 9. The predicted octanol–water partition coefficient (Wildman–Crippen LogP) is 4.44. The molecule has 1 unspecified atom stereocenters. The van der Waals surface area contributed by atoms with Gasteiger partial charge in [-0.05, 0) is 19.3 Å². The largest absolute Gasteiger partial charge is 0.356 e. The highest BCUT2D eigenvalue weighted by Gasteiger charge is 2.27. The van der Waals surface area contributed by atoms with Gasteiger partial charge in [0.1, 0.15) is 6.17 Å². The summed E-state index contributed by atoms with van der Waals surface area (Å²) < 4.78 is 0. The summed E-state index contributed by atoms with van der Waals surface area (Å²) in [5, 5.41) is 0. The van der Waals surface area contributed by atoms with Gasteiger partial charge in [-0.2, -0.15) is 0 Å². The van der Waals surface area contributed by atoms with Gasteiger partial charge in [0.2, 0.25) is 0 Å². The van der Waals surface area contributed by atoms with Crippen molar-refractivity contribution in [3.63, 3.8) is 0 Å². The fraction of sp³-hybridized carbons (Fsp3) is 0.875. The molecule has 0 bridgehead atoms. The van der Waals surface area contributed by atoms with Crippen LogP contribution in [0.5, 0.6) is 0 Å². The van der Waals surface area contributed by atoms with Crippen LogP contribution in [0.1, 0.15) is 66.2 Å². The lowest BCUT2D eigenvalue weighted by Crippen LogP contribution is -2.42. The van der Waals surface area contributed by atoms with Crippen molar-refractivity contribution in [2.24, 2.45) is 5.92 Å². The molecule has 18 heavy (non-hydrogen) atoms. The molecule has 1 aliphatic heterocycles. The number of nitrogens with zero attached hydrogens (tertiary/aromatic N) is 2. The Hall–Kier alpha value is -0.660. The second-order valence-corrected chi connectivity index (χ2v) is 5.79. The minimum absolute atomic E-state index is 0.589. The molecule has 2 nitrogen and oxygen atoms in total. The minimum Gasteiger partial charge on any atom is -0.356 e. The molecule has 0 aliphatic carbocycles. The maximum atomic E-state index is 2.54. The molecule has 1 heterocycles. The van der Waals surface area contributed by atoms with E-state index in [4.69, 9.17) is 0 Å². The van der Waals surface area contributed by atoms with Gasteiger partial charge in [-0.3, -0.25) is 0 Å². The molecule has 0 saturated heterocycles. The number of hydrogen-bond acceptors (Lipinski definition) is 2. The molecule has 0 aromatic rings. The van der Waals surface area contributed by atoms with Crippen molar-refractivity contribution in [1.29, 1.82) is 0 Å². The van der Waals surface area contributed by atoms with Gasteiger partial charge in [0.05, 0.1) is 0 Å². The summed E-state index contributed by atoms with van der Waals surface area (Å²) in [6.45, 7) is 11.5. The number of unbranched alkanes of at least 4 members (excludes halogenated alkanes) is 5. The van der Waals surface area contributed by atoms with Crippen molar-refractivity contribution >= 4 is 0 Å². The van der Waals surface area contributed by atoms with Crippen molar-refractivity contribution in [1.82, 2.24) is 9.80 Å². The van der Waals surface area contributed by atoms with Crippen molar-refractivity contribution in [3.05, 3.63) is 12.4 Å². The van der Waals surface area contributed by atoms with E-state index < -0.39 is 0 Å². The van der Waals surface area contributed by atoms with Crippen molar-refractivity contribution in [3.8, 4) is 0 Å². The molecule has 0 N–H and O–H groups in total. The Labute approximate surface area is 114 Å². The van der Waals surface area contributed by atoms with Gasteiger partial charge >= 0.3 is 0 Å². The van der Waals surface area contributed by atoms with Crippen LogP contribution in [0.3, 0.4) is 0 Å². The third kappa shape index (κ3) is 4.55. The molecule has 106 valence electrons. The van der Waals surface area contributed by atoms with Crippen LogP contribution < -0.4 is 0 Å². The molecule has 0 saturated carbocycles. The summed E-state index contributed by atoms with van der Waals surface area (Å²) in [4.78, 5) is 5.00. The molecule has 1 rings (SSSR count). The van der Waals surface area contributed by atoms with Gasteiger partial charge in [0.25, 0.3) is 0 Å². The van der Waals surface area contributed by atoms with E-state index in [-0.39, 0.29) is 0 Å². The van der Waals surface area contributed by atoms with Crippen LogP contribution in [0.4, 0.5) is 0 Å². The highest BCUT2D eigenvalue weighted by atomic mass is 15.4. The maximum absolute atomic E-state index is 2.54. The van der Waals surface area contributed by atoms with E-state index in [1.54, 1.807) is 0 Å². The molecule has 0 fully saturated rings. The van der Waals surface area contributed by atoms with Gasteiger partial charge < -0.3 is 9.80 Å². The van der Waals surface area contributed by atoms with Crippen LogP contribution in [0.2, 0.25) is 0 Å². The Morgan fingerprint density at radius 3 is 2.11 bits per heavy atom. The van der Waals surface area contributed by atoms with Crippen LogP contribution in [-0.2, 0) is 0 Å². The second kappa shape index (κ2) is 8.44. The zero-order valence-electron chi connectivity index (χ0n) is 12.9. The van der Waals surface area contributed by atoms with Crippen molar-refractivity contribution < 1.29 is 0 Å². The van der Waals surface area contributed by atoms with Crippen LogP contribution >= 0.6 is 0 Å². The first-order chi connectivity index (χ1) is 8.70. The first kappa shape index (κ1) is 15.4. The lowest BCUT2D eigenvalue weighted by Gasteiger charge is -2.35. The maximum Gasteiger partial charge on any atom is 0.103 e. The van der Waals surface area contributed by atoms with E-state index in [2.05, 4.69) is 49.9 Å². The molecule has 0 amide bonds. The molecule has 0 radical (unpaired) electrons. The summed E-state index contributed by atoms with van der Waals surface area (Å²) in [6.07, 6.45) is 13.5. The SMILES string of the molecule is CCCCCCCCN1C=CN(CC)C1C(C)C. The Bertz CT molecular complexity index is 235. The fourth-order valence-corrected chi connectivity index (χ4v) is 2.88. The monoisotopic (exact) mass is 252 g/mol. The first-order valence-electron chi connectivity index (χ1n) is 7.90. The van der Waals surface area contributed by atoms with Gasteiger partial charge in [-0.25, -0.2) is 0 Å². The Morgan fingerprint density at radius 1 is 0.889 bits per heavy atom. The molecule has 2 heteroatoms. The highest BCUT2D eigenvalue weighted by molar-refractivity contribution is 4.97. The van der Waals surface area contributed by atoms with Gasteiger partial charge in [0.15, 0.2) is 0 Å². The predicted molar refractivity (Wildman–Crippen MR) is 80.2 cm³/mol. The average molecular weight is 252 g/mol. The van der Waals surface area contributed by atoms with Crippen LogP contribution in [0, 0.1) is 5.92 Å². The second-order valence-electron chi connectivity index (χ2n) is 5.79. The van der Waals surface area contributed by atoms with Crippen LogP contribution in [0.25, 0.3) is 0 Å². The van der Waals surface area contributed by atoms with Crippen molar-refractivity contribution in [2.45, 2.75) is 72.4 Å². The molecule has 0 aromatic heterocycles. The van der Waals surface area contributed by atoms with E-state index in [0.29, 0.717) is 12.1 Å². The lowest BCUT2D eigenvalue weighted by molar-refractivity contribution is 0.110. The van der Waals surface area contributed by atoms with Gasteiger partial charge in [-0.15, -0.1) is 0 Å². The van der Waals surface area contributed by atoms with E-state index >= 15 is 0 Å². The molecule has 0 spiro atoms. The van der Waals surface area contributed by atoms with Crippen molar-refractivity contribution in [2.75, 3.05) is 13.1 Å². The topological polar surface area (TPSA) is 6.48 Å². The third-order valence-corrected chi connectivity index (χ3v) is 3.86. The van der Waals surface area contributed by atoms with E-state index in [1.807, 2.05) is 0 Å². The zero-order valence-corrected chi connectivity index (χ0v) is 12.9. The van der Waals surface area contributed by atoms with Gasteiger partial charge in [-0.1, -0.05) is 52.9 Å². The Morgan fingerprint density at radius 2 is 1.50 bits per heavy atom. The van der Waals surface area contributed by atoms with E-state index in [1.165, 1.54) is 45.1 Å². The first-order valence-corrected chi connectivity index (χ1v) is 7.90.